The van der Waals surface area contributed by atoms with Gasteiger partial charge in [0.1, 0.15) is 0 Å². The van der Waals surface area contributed by atoms with Crippen LogP contribution in [0.15, 0.2) is 6.07 Å². The minimum absolute atomic E-state index is 0.0440. The third kappa shape index (κ3) is 2.94. The zero-order valence-electron chi connectivity index (χ0n) is 13.0. The highest BCUT2D eigenvalue weighted by molar-refractivity contribution is 7.89. The first kappa shape index (κ1) is 16.0. The van der Waals surface area contributed by atoms with Crippen LogP contribution in [0.5, 0.6) is 0 Å². The van der Waals surface area contributed by atoms with E-state index >= 15 is 0 Å². The molecule has 0 saturated carbocycles. The number of sulfonamides is 1. The van der Waals surface area contributed by atoms with Crippen LogP contribution in [-0.2, 0) is 10.0 Å². The Morgan fingerprint density at radius 1 is 1.27 bits per heavy atom. The van der Waals surface area contributed by atoms with Crippen molar-refractivity contribution in [3.63, 3.8) is 0 Å². The molecule has 1 amide bonds. The lowest BCUT2D eigenvalue weighted by molar-refractivity contribution is 0.0663. The fourth-order valence-corrected chi connectivity index (χ4v) is 6.04. The summed E-state index contributed by atoms with van der Waals surface area (Å²) in [5.41, 5.74) is 1.14. The van der Waals surface area contributed by atoms with E-state index in [1.54, 1.807) is 4.31 Å². The number of likely N-dealkylation sites (tertiary alicyclic amines) is 1. The summed E-state index contributed by atoms with van der Waals surface area (Å²) in [5, 5.41) is 0. The van der Waals surface area contributed by atoms with E-state index in [-0.39, 0.29) is 17.7 Å². The number of carbonyl (C=O) groups is 1. The monoisotopic (exact) mass is 342 g/mol. The normalized spacial score (nSPS) is 25.5. The molecule has 1 aromatic rings. The number of carbonyl (C=O) groups excluding carboxylic acids is 1. The molecule has 22 heavy (non-hydrogen) atoms. The lowest BCUT2D eigenvalue weighted by atomic mass is 10.1. The van der Waals surface area contributed by atoms with Gasteiger partial charge in [-0.25, -0.2) is 8.42 Å². The Labute approximate surface area is 136 Å². The maximum atomic E-state index is 12.7. The van der Waals surface area contributed by atoms with Crippen molar-refractivity contribution in [3.8, 4) is 0 Å². The highest BCUT2D eigenvalue weighted by atomic mass is 32.2. The van der Waals surface area contributed by atoms with Gasteiger partial charge in [-0.1, -0.05) is 0 Å². The number of aryl methyl sites for hydroxylation is 2. The number of piperidine rings is 1. The summed E-state index contributed by atoms with van der Waals surface area (Å²) in [6, 6.07) is 1.89. The van der Waals surface area contributed by atoms with Gasteiger partial charge in [-0.05, 0) is 44.7 Å². The fraction of sp³-hybridized carbons (Fsp3) is 0.667. The Kier molecular flexibility index (Phi) is 4.31. The first-order chi connectivity index (χ1) is 10.4. The van der Waals surface area contributed by atoms with Crippen molar-refractivity contribution in [2.75, 3.05) is 25.4 Å². The summed E-state index contributed by atoms with van der Waals surface area (Å²) in [6.07, 6.45) is 2.42. The van der Waals surface area contributed by atoms with Gasteiger partial charge in [-0.3, -0.25) is 4.79 Å². The predicted molar refractivity (Wildman–Crippen MR) is 87.8 cm³/mol. The molecule has 3 rings (SSSR count). The van der Waals surface area contributed by atoms with Crippen LogP contribution >= 0.6 is 11.3 Å². The molecule has 0 spiro atoms. The van der Waals surface area contributed by atoms with Crippen LogP contribution in [0.25, 0.3) is 0 Å². The molecule has 2 saturated heterocycles. The quantitative estimate of drug-likeness (QED) is 0.826. The van der Waals surface area contributed by atoms with E-state index in [9.17, 15) is 13.2 Å². The van der Waals surface area contributed by atoms with Gasteiger partial charge in [0.15, 0.2) is 0 Å². The van der Waals surface area contributed by atoms with Crippen LogP contribution in [0.3, 0.4) is 0 Å². The molecule has 1 aromatic heterocycles. The third-order valence-corrected chi connectivity index (χ3v) is 7.75. The van der Waals surface area contributed by atoms with Crippen molar-refractivity contribution >= 4 is 27.3 Å². The molecule has 0 unspecified atom stereocenters. The number of nitrogens with zero attached hydrogens (tertiary/aromatic N) is 2. The third-order valence-electron chi connectivity index (χ3n) is 4.61. The zero-order chi connectivity index (χ0) is 15.9. The highest BCUT2D eigenvalue weighted by Crippen LogP contribution is 2.27. The first-order valence-corrected chi connectivity index (χ1v) is 10.2. The van der Waals surface area contributed by atoms with E-state index in [0.717, 1.165) is 29.8 Å². The number of hydrogen-bond donors (Lipinski definition) is 0. The van der Waals surface area contributed by atoms with Crippen LogP contribution in [0, 0.1) is 13.8 Å². The maximum absolute atomic E-state index is 12.7. The van der Waals surface area contributed by atoms with E-state index in [4.69, 9.17) is 0 Å². The van der Waals surface area contributed by atoms with E-state index in [0.29, 0.717) is 19.5 Å². The van der Waals surface area contributed by atoms with Crippen molar-refractivity contribution in [1.82, 2.24) is 9.21 Å². The summed E-state index contributed by atoms with van der Waals surface area (Å²) >= 11 is 1.53. The van der Waals surface area contributed by atoms with Gasteiger partial charge in [0.25, 0.3) is 5.91 Å². The second-order valence-electron chi connectivity index (χ2n) is 6.18. The Hall–Kier alpha value is -0.920. The van der Waals surface area contributed by atoms with Gasteiger partial charge in [-0.15, -0.1) is 11.3 Å². The van der Waals surface area contributed by atoms with Gasteiger partial charge in [0.2, 0.25) is 10.0 Å². The molecule has 0 aromatic carbocycles. The largest absolute Gasteiger partial charge is 0.336 e. The lowest BCUT2D eigenvalue weighted by Crippen LogP contribution is -2.50. The predicted octanol–water partition coefficient (Wildman–Crippen LogP) is 2.01. The van der Waals surface area contributed by atoms with Crippen molar-refractivity contribution in [2.45, 2.75) is 39.2 Å². The topological polar surface area (TPSA) is 57.7 Å². The summed E-state index contributed by atoms with van der Waals surface area (Å²) < 4.78 is 25.8. The SMILES string of the molecule is Cc1cc(C(=O)N2CCC[C@@H](N3CCCS3(=O)=O)C2)sc1C. The van der Waals surface area contributed by atoms with E-state index in [2.05, 4.69) is 0 Å². The second kappa shape index (κ2) is 5.94. The van der Waals surface area contributed by atoms with Crippen LogP contribution in [-0.4, -0.2) is 55.0 Å². The summed E-state index contributed by atoms with van der Waals surface area (Å²) in [7, 11) is -3.11. The summed E-state index contributed by atoms with van der Waals surface area (Å²) in [6.45, 7) is 5.88. The van der Waals surface area contributed by atoms with Crippen molar-refractivity contribution in [2.24, 2.45) is 0 Å². The molecule has 2 aliphatic rings. The molecular weight excluding hydrogens is 320 g/mol. The summed E-state index contributed by atoms with van der Waals surface area (Å²) in [4.78, 5) is 16.4. The average Bonchev–Trinajstić information content (AvgIpc) is 3.00. The molecule has 1 atom stereocenters. The Balaban J connectivity index is 1.74. The zero-order valence-corrected chi connectivity index (χ0v) is 14.7. The van der Waals surface area contributed by atoms with E-state index < -0.39 is 10.0 Å². The molecule has 7 heteroatoms. The van der Waals surface area contributed by atoms with E-state index in [1.165, 1.54) is 16.2 Å². The molecule has 122 valence electrons. The van der Waals surface area contributed by atoms with Crippen LogP contribution in [0.1, 0.15) is 39.4 Å². The first-order valence-electron chi connectivity index (χ1n) is 7.74. The summed E-state index contributed by atoms with van der Waals surface area (Å²) in [5.74, 6) is 0.295. The van der Waals surface area contributed by atoms with E-state index in [1.807, 2.05) is 24.8 Å². The molecule has 2 fully saturated rings. The van der Waals surface area contributed by atoms with Gasteiger partial charge >= 0.3 is 0 Å². The molecule has 3 heterocycles. The Morgan fingerprint density at radius 2 is 2.05 bits per heavy atom. The number of rotatable bonds is 2. The minimum atomic E-state index is -3.11. The number of hydrogen-bond acceptors (Lipinski definition) is 4. The average molecular weight is 342 g/mol. The standard InChI is InChI=1S/C15H22N2O3S2/c1-11-9-14(21-12(11)2)15(18)16-6-3-5-13(10-16)17-7-4-8-22(17,19)20/h9,13H,3-8,10H2,1-2H3/t13-/m1/s1. The molecule has 2 aliphatic heterocycles. The second-order valence-corrected chi connectivity index (χ2v) is 9.47. The smallest absolute Gasteiger partial charge is 0.263 e. The van der Waals surface area contributed by atoms with Gasteiger partial charge in [-0.2, -0.15) is 4.31 Å². The highest BCUT2D eigenvalue weighted by Gasteiger charge is 2.37. The lowest BCUT2D eigenvalue weighted by Gasteiger charge is -2.36. The van der Waals surface area contributed by atoms with Gasteiger partial charge in [0.05, 0.1) is 10.6 Å². The van der Waals surface area contributed by atoms with Crippen molar-refractivity contribution < 1.29 is 13.2 Å². The minimum Gasteiger partial charge on any atom is -0.336 e. The Morgan fingerprint density at radius 3 is 2.64 bits per heavy atom. The van der Waals surface area contributed by atoms with Crippen LogP contribution in [0.4, 0.5) is 0 Å². The maximum Gasteiger partial charge on any atom is 0.263 e. The van der Waals surface area contributed by atoms with Crippen LogP contribution < -0.4 is 0 Å². The van der Waals surface area contributed by atoms with Gasteiger partial charge < -0.3 is 4.90 Å². The van der Waals surface area contributed by atoms with Crippen molar-refractivity contribution in [1.29, 1.82) is 0 Å². The number of thiophene rings is 1. The molecule has 0 aliphatic carbocycles. The molecular formula is C15H22N2O3S2. The van der Waals surface area contributed by atoms with Gasteiger partial charge in [0, 0.05) is 30.6 Å². The Bertz CT molecular complexity index is 661. The van der Waals surface area contributed by atoms with Crippen LogP contribution in [0.2, 0.25) is 0 Å². The fourth-order valence-electron chi connectivity index (χ4n) is 3.28. The molecule has 0 bridgehead atoms. The molecule has 0 radical (unpaired) electrons. The number of amides is 1. The molecule has 5 nitrogen and oxygen atoms in total. The molecule has 0 N–H and O–H groups in total. The van der Waals surface area contributed by atoms with Crippen molar-refractivity contribution in [3.05, 3.63) is 21.4 Å².